The van der Waals surface area contributed by atoms with Crippen molar-refractivity contribution in [2.45, 2.75) is 13.3 Å². The lowest BCUT2D eigenvalue weighted by Gasteiger charge is -2.12. The second kappa shape index (κ2) is 4.84. The first-order chi connectivity index (χ1) is 8.85. The third kappa shape index (κ3) is 3.40. The van der Waals surface area contributed by atoms with E-state index in [2.05, 4.69) is 4.74 Å². The van der Waals surface area contributed by atoms with Gasteiger partial charge in [-0.05, 0) is 30.7 Å². The van der Waals surface area contributed by atoms with E-state index in [9.17, 15) is 13.2 Å². The van der Waals surface area contributed by atoms with Gasteiger partial charge in [0.2, 0.25) is 0 Å². The normalized spacial score (nSPS) is 11.4. The van der Waals surface area contributed by atoms with Crippen LogP contribution in [0.4, 0.5) is 18.9 Å². The largest absolute Gasteiger partial charge is 0.573 e. The highest BCUT2D eigenvalue weighted by Crippen LogP contribution is 2.32. The molecule has 0 aromatic heterocycles. The molecule has 0 saturated carbocycles. The number of benzene rings is 2. The summed E-state index contributed by atoms with van der Waals surface area (Å²) in [6.07, 6.45) is -4.71. The third-order valence-corrected chi connectivity index (χ3v) is 2.59. The smallest absolute Gasteiger partial charge is 0.406 e. The van der Waals surface area contributed by atoms with E-state index in [1.165, 1.54) is 18.2 Å². The summed E-state index contributed by atoms with van der Waals surface area (Å²) in [5, 5.41) is 0. The molecule has 2 nitrogen and oxygen atoms in total. The number of anilines is 1. The second-order valence-electron chi connectivity index (χ2n) is 4.17. The van der Waals surface area contributed by atoms with Gasteiger partial charge in [0.05, 0.1) is 0 Å². The quantitative estimate of drug-likeness (QED) is 0.830. The zero-order valence-electron chi connectivity index (χ0n) is 10.2. The van der Waals surface area contributed by atoms with Crippen LogP contribution in [0.2, 0.25) is 0 Å². The minimum absolute atomic E-state index is 0.279. The van der Waals surface area contributed by atoms with Crippen LogP contribution in [0.1, 0.15) is 5.56 Å². The fourth-order valence-electron chi connectivity index (χ4n) is 1.80. The SMILES string of the molecule is Cc1cccc(-c2cc(OC(F)(F)F)ccc2N)c1. The van der Waals surface area contributed by atoms with Crippen LogP contribution in [0.3, 0.4) is 0 Å². The molecule has 2 rings (SSSR count). The Morgan fingerprint density at radius 2 is 1.79 bits per heavy atom. The predicted octanol–water partition coefficient (Wildman–Crippen LogP) is 4.14. The molecular weight excluding hydrogens is 255 g/mol. The van der Waals surface area contributed by atoms with E-state index in [4.69, 9.17) is 5.73 Å². The Kier molecular flexibility index (Phi) is 3.38. The van der Waals surface area contributed by atoms with Crippen molar-refractivity contribution in [2.24, 2.45) is 0 Å². The molecule has 0 saturated heterocycles. The summed E-state index contributed by atoms with van der Waals surface area (Å²) in [6, 6.07) is 11.2. The van der Waals surface area contributed by atoms with Crippen LogP contribution in [-0.4, -0.2) is 6.36 Å². The summed E-state index contributed by atoms with van der Waals surface area (Å²) >= 11 is 0. The molecule has 19 heavy (non-hydrogen) atoms. The van der Waals surface area contributed by atoms with Crippen LogP contribution < -0.4 is 10.5 Å². The molecule has 0 unspecified atom stereocenters. The summed E-state index contributed by atoms with van der Waals surface area (Å²) in [6.45, 7) is 1.90. The van der Waals surface area contributed by atoms with Gasteiger partial charge in [-0.1, -0.05) is 29.8 Å². The standard InChI is InChI=1S/C14H12F3NO/c1-9-3-2-4-10(7-9)12-8-11(5-6-13(12)18)19-14(15,16)17/h2-8H,18H2,1H3. The summed E-state index contributed by atoms with van der Waals surface area (Å²) in [4.78, 5) is 0. The molecule has 2 aromatic rings. The van der Waals surface area contributed by atoms with Crippen molar-refractivity contribution in [1.82, 2.24) is 0 Å². The summed E-state index contributed by atoms with van der Waals surface area (Å²) < 4.78 is 40.5. The Morgan fingerprint density at radius 3 is 2.42 bits per heavy atom. The summed E-state index contributed by atoms with van der Waals surface area (Å²) in [5.41, 5.74) is 8.47. The molecule has 0 aliphatic heterocycles. The van der Waals surface area contributed by atoms with Gasteiger partial charge < -0.3 is 10.5 Å². The van der Waals surface area contributed by atoms with Crippen molar-refractivity contribution in [2.75, 3.05) is 5.73 Å². The predicted molar refractivity (Wildman–Crippen MR) is 67.7 cm³/mol. The van der Waals surface area contributed by atoms with Gasteiger partial charge in [0.25, 0.3) is 0 Å². The zero-order chi connectivity index (χ0) is 14.0. The molecule has 0 atom stereocenters. The van der Waals surface area contributed by atoms with Gasteiger partial charge in [0.15, 0.2) is 0 Å². The van der Waals surface area contributed by atoms with Gasteiger partial charge >= 0.3 is 6.36 Å². The maximum atomic E-state index is 12.2. The van der Waals surface area contributed by atoms with Gasteiger partial charge in [-0.3, -0.25) is 0 Å². The monoisotopic (exact) mass is 267 g/mol. The molecular formula is C14H12F3NO. The van der Waals surface area contributed by atoms with Crippen LogP contribution in [0.25, 0.3) is 11.1 Å². The topological polar surface area (TPSA) is 35.2 Å². The van der Waals surface area contributed by atoms with Gasteiger partial charge in [0.1, 0.15) is 5.75 Å². The fourth-order valence-corrected chi connectivity index (χ4v) is 1.80. The number of alkyl halides is 3. The minimum Gasteiger partial charge on any atom is -0.406 e. The number of hydrogen-bond donors (Lipinski definition) is 1. The molecule has 5 heteroatoms. The van der Waals surface area contributed by atoms with Gasteiger partial charge in [0, 0.05) is 11.3 Å². The highest BCUT2D eigenvalue weighted by Gasteiger charge is 2.31. The summed E-state index contributed by atoms with van der Waals surface area (Å²) in [5.74, 6) is -0.279. The number of nitrogens with two attached hydrogens (primary N) is 1. The molecule has 100 valence electrons. The number of halogens is 3. The van der Waals surface area contributed by atoms with Crippen LogP contribution in [0.5, 0.6) is 5.75 Å². The first kappa shape index (κ1) is 13.3. The van der Waals surface area contributed by atoms with Crippen LogP contribution in [0, 0.1) is 6.92 Å². The van der Waals surface area contributed by atoms with Crippen molar-refractivity contribution >= 4 is 5.69 Å². The lowest BCUT2D eigenvalue weighted by molar-refractivity contribution is -0.274. The number of hydrogen-bond acceptors (Lipinski definition) is 2. The number of nitrogen functional groups attached to an aromatic ring is 1. The van der Waals surface area contributed by atoms with E-state index in [1.807, 2.05) is 25.1 Å². The van der Waals surface area contributed by atoms with Crippen molar-refractivity contribution < 1.29 is 17.9 Å². The molecule has 0 spiro atoms. The molecule has 0 heterocycles. The summed E-state index contributed by atoms with van der Waals surface area (Å²) in [7, 11) is 0. The lowest BCUT2D eigenvalue weighted by atomic mass is 10.0. The molecule has 0 aliphatic carbocycles. The van der Waals surface area contributed by atoms with Crippen LogP contribution in [-0.2, 0) is 0 Å². The first-order valence-corrected chi connectivity index (χ1v) is 5.57. The van der Waals surface area contributed by atoms with E-state index >= 15 is 0 Å². The Bertz CT molecular complexity index is 593. The molecule has 0 radical (unpaired) electrons. The van der Waals surface area contributed by atoms with Crippen molar-refractivity contribution in [3.8, 4) is 16.9 Å². The first-order valence-electron chi connectivity index (χ1n) is 5.57. The number of rotatable bonds is 2. The van der Waals surface area contributed by atoms with Crippen LogP contribution >= 0.6 is 0 Å². The average molecular weight is 267 g/mol. The Morgan fingerprint density at radius 1 is 1.05 bits per heavy atom. The fraction of sp³-hybridized carbons (Fsp3) is 0.143. The van der Waals surface area contributed by atoms with Gasteiger partial charge in [-0.2, -0.15) is 0 Å². The zero-order valence-corrected chi connectivity index (χ0v) is 10.2. The molecule has 2 N–H and O–H groups in total. The highest BCUT2D eigenvalue weighted by atomic mass is 19.4. The third-order valence-electron chi connectivity index (χ3n) is 2.59. The van der Waals surface area contributed by atoms with Gasteiger partial charge in [-0.25, -0.2) is 0 Å². The molecule has 0 fully saturated rings. The molecule has 0 aliphatic rings. The van der Waals surface area contributed by atoms with E-state index in [1.54, 1.807) is 6.07 Å². The Balaban J connectivity index is 2.43. The molecule has 0 bridgehead atoms. The van der Waals surface area contributed by atoms with Gasteiger partial charge in [-0.15, -0.1) is 13.2 Å². The van der Waals surface area contributed by atoms with E-state index in [-0.39, 0.29) is 5.75 Å². The maximum Gasteiger partial charge on any atom is 0.573 e. The Labute approximate surface area is 108 Å². The van der Waals surface area contributed by atoms with E-state index in [0.29, 0.717) is 11.3 Å². The van der Waals surface area contributed by atoms with Crippen molar-refractivity contribution in [3.63, 3.8) is 0 Å². The van der Waals surface area contributed by atoms with Crippen molar-refractivity contribution in [3.05, 3.63) is 48.0 Å². The highest BCUT2D eigenvalue weighted by molar-refractivity contribution is 5.77. The number of ether oxygens (including phenoxy) is 1. The van der Waals surface area contributed by atoms with Crippen molar-refractivity contribution in [1.29, 1.82) is 0 Å². The number of aryl methyl sites for hydroxylation is 1. The average Bonchev–Trinajstić information content (AvgIpc) is 2.30. The maximum absolute atomic E-state index is 12.2. The molecule has 0 amide bonds. The second-order valence-corrected chi connectivity index (χ2v) is 4.17. The Hall–Kier alpha value is -2.17. The minimum atomic E-state index is -4.71. The lowest BCUT2D eigenvalue weighted by Crippen LogP contribution is -2.17. The van der Waals surface area contributed by atoms with E-state index < -0.39 is 6.36 Å². The molecule has 2 aromatic carbocycles. The van der Waals surface area contributed by atoms with E-state index in [0.717, 1.165) is 11.1 Å². The van der Waals surface area contributed by atoms with Crippen LogP contribution in [0.15, 0.2) is 42.5 Å².